The average molecular weight is 281 g/mol. The fourth-order valence-corrected chi connectivity index (χ4v) is 1.45. The summed E-state index contributed by atoms with van der Waals surface area (Å²) in [7, 11) is 0. The molecule has 0 aromatic heterocycles. The molecule has 0 aliphatic rings. The van der Waals surface area contributed by atoms with Crippen LogP contribution in [0.15, 0.2) is 18.2 Å². The van der Waals surface area contributed by atoms with Crippen LogP contribution in [0, 0.1) is 0 Å². The van der Waals surface area contributed by atoms with E-state index in [1.54, 1.807) is 6.92 Å². The molecule has 1 aromatic carbocycles. The third kappa shape index (κ3) is 4.79. The van der Waals surface area contributed by atoms with Crippen LogP contribution in [0.3, 0.4) is 0 Å². The summed E-state index contributed by atoms with van der Waals surface area (Å²) >= 11 is 0. The Morgan fingerprint density at radius 2 is 2.00 bits per heavy atom. The number of ether oxygens (including phenoxy) is 2. The number of phenols is 1. The topological polar surface area (TPSA) is 84.9 Å². The first kappa shape index (κ1) is 15.8. The first-order valence-electron chi connectivity index (χ1n) is 6.52. The number of hydrogen-bond donors (Lipinski definition) is 2. The quantitative estimate of drug-likeness (QED) is 0.618. The first-order valence-corrected chi connectivity index (χ1v) is 6.52. The Balaban J connectivity index is 2.63. The highest BCUT2D eigenvalue weighted by Crippen LogP contribution is 2.22. The molecule has 110 valence electrons. The number of hydrogen-bond acceptors (Lipinski definition) is 5. The van der Waals surface area contributed by atoms with E-state index in [-0.39, 0.29) is 17.9 Å². The van der Waals surface area contributed by atoms with Crippen LogP contribution in [0.25, 0.3) is 0 Å². The van der Waals surface area contributed by atoms with Crippen molar-refractivity contribution in [3.63, 3.8) is 0 Å². The van der Waals surface area contributed by atoms with Gasteiger partial charge in [-0.25, -0.2) is 9.59 Å². The van der Waals surface area contributed by atoms with Gasteiger partial charge in [-0.1, -0.05) is 13.3 Å². The van der Waals surface area contributed by atoms with Gasteiger partial charge in [0.15, 0.2) is 0 Å². The van der Waals surface area contributed by atoms with Gasteiger partial charge < -0.3 is 14.6 Å². The second kappa shape index (κ2) is 8.04. The molecular formula is C14H19NO5. The Bertz CT molecular complexity index is 473. The molecular weight excluding hydrogens is 262 g/mol. The van der Waals surface area contributed by atoms with Gasteiger partial charge in [-0.2, -0.15) is 0 Å². The summed E-state index contributed by atoms with van der Waals surface area (Å²) in [5, 5.41) is 12.2. The van der Waals surface area contributed by atoms with E-state index in [4.69, 9.17) is 9.47 Å². The second-order valence-electron chi connectivity index (χ2n) is 4.07. The van der Waals surface area contributed by atoms with Crippen molar-refractivity contribution in [2.45, 2.75) is 26.7 Å². The minimum absolute atomic E-state index is 0.0525. The number of carbonyl (C=O) groups excluding carboxylic acids is 2. The molecule has 6 heteroatoms. The molecule has 0 spiro atoms. The highest BCUT2D eigenvalue weighted by Gasteiger charge is 2.13. The summed E-state index contributed by atoms with van der Waals surface area (Å²) in [4.78, 5) is 22.9. The van der Waals surface area contributed by atoms with Gasteiger partial charge in [0.05, 0.1) is 13.2 Å². The van der Waals surface area contributed by atoms with Gasteiger partial charge in [-0.05, 0) is 25.5 Å². The molecule has 1 amide bonds. The van der Waals surface area contributed by atoms with E-state index in [1.807, 2.05) is 6.92 Å². The van der Waals surface area contributed by atoms with E-state index >= 15 is 0 Å². The van der Waals surface area contributed by atoms with Gasteiger partial charge >= 0.3 is 12.1 Å². The van der Waals surface area contributed by atoms with Crippen LogP contribution in [0.4, 0.5) is 10.5 Å². The zero-order valence-electron chi connectivity index (χ0n) is 11.6. The number of phenolic OH excluding ortho intramolecular Hbond substituents is 1. The highest BCUT2D eigenvalue weighted by molar-refractivity contribution is 5.94. The van der Waals surface area contributed by atoms with Crippen molar-refractivity contribution in [1.29, 1.82) is 0 Å². The predicted octanol–water partition coefficient (Wildman–Crippen LogP) is 2.92. The summed E-state index contributed by atoms with van der Waals surface area (Å²) in [5.74, 6) is -0.864. The van der Waals surface area contributed by atoms with Crippen molar-refractivity contribution in [3.05, 3.63) is 23.8 Å². The number of amides is 1. The van der Waals surface area contributed by atoms with Crippen LogP contribution < -0.4 is 5.32 Å². The normalized spacial score (nSPS) is 9.90. The summed E-state index contributed by atoms with van der Waals surface area (Å²) in [6.07, 6.45) is 1.13. The Morgan fingerprint density at radius 1 is 1.25 bits per heavy atom. The maximum atomic E-state index is 11.5. The molecule has 0 aliphatic heterocycles. The fraction of sp³-hybridized carbons (Fsp3) is 0.429. The summed E-state index contributed by atoms with van der Waals surface area (Å²) < 4.78 is 9.70. The Hall–Kier alpha value is -2.24. The van der Waals surface area contributed by atoms with Crippen LogP contribution >= 0.6 is 0 Å². The van der Waals surface area contributed by atoms with Gasteiger partial charge in [0.2, 0.25) is 0 Å². The zero-order valence-corrected chi connectivity index (χ0v) is 11.6. The molecule has 0 aliphatic carbocycles. The molecule has 1 rings (SSSR count). The highest BCUT2D eigenvalue weighted by atomic mass is 16.5. The molecule has 0 saturated carbocycles. The Labute approximate surface area is 117 Å². The molecule has 0 fully saturated rings. The summed E-state index contributed by atoms with van der Waals surface area (Å²) in [5.41, 5.74) is 0.397. The van der Waals surface area contributed by atoms with E-state index in [0.29, 0.717) is 12.3 Å². The largest absolute Gasteiger partial charge is 0.507 e. The minimum Gasteiger partial charge on any atom is -0.507 e. The number of nitrogens with one attached hydrogen (secondary N) is 1. The molecule has 0 bridgehead atoms. The molecule has 2 N–H and O–H groups in total. The number of anilines is 1. The lowest BCUT2D eigenvalue weighted by Crippen LogP contribution is -2.14. The average Bonchev–Trinajstić information content (AvgIpc) is 2.39. The van der Waals surface area contributed by atoms with Crippen molar-refractivity contribution < 1.29 is 24.2 Å². The summed E-state index contributed by atoms with van der Waals surface area (Å²) in [6, 6.07) is 4.15. The molecule has 1 aromatic rings. The molecule has 0 heterocycles. The fourth-order valence-electron chi connectivity index (χ4n) is 1.45. The van der Waals surface area contributed by atoms with E-state index in [1.165, 1.54) is 18.2 Å². The SMILES string of the molecule is CCCCOC(=O)Nc1ccc(C(=O)OCC)c(O)c1. The Morgan fingerprint density at radius 3 is 2.60 bits per heavy atom. The van der Waals surface area contributed by atoms with E-state index < -0.39 is 12.1 Å². The Kier molecular flexibility index (Phi) is 6.36. The smallest absolute Gasteiger partial charge is 0.411 e. The lowest BCUT2D eigenvalue weighted by molar-refractivity contribution is 0.0523. The van der Waals surface area contributed by atoms with Crippen molar-refractivity contribution >= 4 is 17.7 Å². The lowest BCUT2D eigenvalue weighted by Gasteiger charge is -2.09. The number of esters is 1. The lowest BCUT2D eigenvalue weighted by atomic mass is 10.2. The molecule has 0 atom stereocenters. The summed E-state index contributed by atoms with van der Waals surface area (Å²) in [6.45, 7) is 4.24. The van der Waals surface area contributed by atoms with E-state index in [0.717, 1.165) is 12.8 Å². The zero-order chi connectivity index (χ0) is 15.0. The number of benzene rings is 1. The van der Waals surface area contributed by atoms with Crippen molar-refractivity contribution in [2.75, 3.05) is 18.5 Å². The molecule has 0 radical (unpaired) electrons. The van der Waals surface area contributed by atoms with Crippen LogP contribution in [-0.4, -0.2) is 30.4 Å². The third-order valence-electron chi connectivity index (χ3n) is 2.47. The predicted molar refractivity (Wildman–Crippen MR) is 73.9 cm³/mol. The maximum absolute atomic E-state index is 11.5. The minimum atomic E-state index is -0.609. The first-order chi connectivity index (χ1) is 9.58. The van der Waals surface area contributed by atoms with Crippen molar-refractivity contribution in [2.24, 2.45) is 0 Å². The molecule has 20 heavy (non-hydrogen) atoms. The number of rotatable bonds is 6. The van der Waals surface area contributed by atoms with Gasteiger partial charge in [-0.15, -0.1) is 0 Å². The number of unbranched alkanes of at least 4 members (excludes halogenated alkanes) is 1. The van der Waals surface area contributed by atoms with E-state index in [2.05, 4.69) is 5.32 Å². The van der Waals surface area contributed by atoms with Gasteiger partial charge in [0.1, 0.15) is 11.3 Å². The number of aromatic hydroxyl groups is 1. The van der Waals surface area contributed by atoms with Crippen LogP contribution in [-0.2, 0) is 9.47 Å². The van der Waals surface area contributed by atoms with Crippen molar-refractivity contribution in [3.8, 4) is 5.75 Å². The van der Waals surface area contributed by atoms with Crippen molar-refractivity contribution in [1.82, 2.24) is 0 Å². The number of carbonyl (C=O) groups is 2. The second-order valence-corrected chi connectivity index (χ2v) is 4.07. The third-order valence-corrected chi connectivity index (χ3v) is 2.47. The molecule has 0 unspecified atom stereocenters. The maximum Gasteiger partial charge on any atom is 0.411 e. The monoisotopic (exact) mass is 281 g/mol. The van der Waals surface area contributed by atoms with Crippen LogP contribution in [0.2, 0.25) is 0 Å². The van der Waals surface area contributed by atoms with Crippen LogP contribution in [0.5, 0.6) is 5.75 Å². The van der Waals surface area contributed by atoms with Gasteiger partial charge in [0.25, 0.3) is 0 Å². The molecule has 0 saturated heterocycles. The molecule has 6 nitrogen and oxygen atoms in total. The van der Waals surface area contributed by atoms with Gasteiger partial charge in [0, 0.05) is 11.8 Å². The standard InChI is InChI=1S/C14H19NO5/c1-3-5-8-20-14(18)15-10-6-7-11(12(16)9-10)13(17)19-4-2/h6-7,9,16H,3-5,8H2,1-2H3,(H,15,18). The van der Waals surface area contributed by atoms with Gasteiger partial charge in [-0.3, -0.25) is 5.32 Å². The van der Waals surface area contributed by atoms with Crippen LogP contribution in [0.1, 0.15) is 37.0 Å². The van der Waals surface area contributed by atoms with E-state index in [9.17, 15) is 14.7 Å².